The van der Waals surface area contributed by atoms with Gasteiger partial charge in [0.1, 0.15) is 0 Å². The minimum Gasteiger partial charge on any atom is -0.423 e. The minimum atomic E-state index is -1.54. The van der Waals surface area contributed by atoms with E-state index in [1.165, 1.54) is 0 Å². The van der Waals surface area contributed by atoms with Crippen LogP contribution in [0.4, 0.5) is 0 Å². The fourth-order valence-corrected chi connectivity index (χ4v) is 2.71. The van der Waals surface area contributed by atoms with E-state index < -0.39 is 7.12 Å². The van der Waals surface area contributed by atoms with Crippen molar-refractivity contribution >= 4 is 45.3 Å². The molecule has 2 heterocycles. The number of aromatic nitrogens is 2. The van der Waals surface area contributed by atoms with E-state index in [1.807, 2.05) is 42.5 Å². The molecule has 0 fully saturated rings. The Morgan fingerprint density at radius 2 is 1.67 bits per heavy atom. The zero-order valence-electron chi connectivity index (χ0n) is 11.1. The Morgan fingerprint density at radius 3 is 2.52 bits per heavy atom. The summed E-state index contributed by atoms with van der Waals surface area (Å²) in [5.74, 6) is 0. The molecule has 4 aromatic rings. The van der Waals surface area contributed by atoms with Crippen molar-refractivity contribution < 1.29 is 10.0 Å². The summed E-state index contributed by atoms with van der Waals surface area (Å²) >= 11 is 0. The summed E-state index contributed by atoms with van der Waals surface area (Å²) in [6.45, 7) is 0. The fourth-order valence-electron chi connectivity index (χ4n) is 2.71. The monoisotopic (exact) mass is 274 g/mol. The van der Waals surface area contributed by atoms with Crippen molar-refractivity contribution in [3.8, 4) is 0 Å². The molecule has 0 aliphatic heterocycles. The molecular weight excluding hydrogens is 263 g/mol. The molecule has 21 heavy (non-hydrogen) atoms. The van der Waals surface area contributed by atoms with Crippen LogP contribution in [-0.4, -0.2) is 27.1 Å². The van der Waals surface area contributed by atoms with Crippen molar-refractivity contribution in [1.29, 1.82) is 0 Å². The first-order valence-electron chi connectivity index (χ1n) is 6.67. The van der Waals surface area contributed by atoms with Gasteiger partial charge >= 0.3 is 7.12 Å². The average molecular weight is 274 g/mol. The summed E-state index contributed by atoms with van der Waals surface area (Å²) < 4.78 is 0. The molecule has 5 heteroatoms. The lowest BCUT2D eigenvalue weighted by Gasteiger charge is -2.10. The molecule has 100 valence electrons. The maximum Gasteiger partial charge on any atom is 0.489 e. The van der Waals surface area contributed by atoms with Crippen LogP contribution < -0.4 is 5.46 Å². The highest BCUT2D eigenvalue weighted by molar-refractivity contribution is 6.62. The molecule has 0 bridgehead atoms. The molecule has 0 saturated heterocycles. The van der Waals surface area contributed by atoms with Crippen LogP contribution in [0.3, 0.4) is 0 Å². The lowest BCUT2D eigenvalue weighted by atomic mass is 9.77. The van der Waals surface area contributed by atoms with Crippen LogP contribution in [0.5, 0.6) is 0 Å². The van der Waals surface area contributed by atoms with Crippen molar-refractivity contribution in [3.63, 3.8) is 0 Å². The number of nitrogens with zero attached hydrogens (tertiary/aromatic N) is 2. The zero-order valence-corrected chi connectivity index (χ0v) is 11.1. The van der Waals surface area contributed by atoms with E-state index >= 15 is 0 Å². The highest BCUT2D eigenvalue weighted by Crippen LogP contribution is 2.24. The van der Waals surface area contributed by atoms with E-state index in [4.69, 9.17) is 0 Å². The van der Waals surface area contributed by atoms with E-state index in [9.17, 15) is 10.0 Å². The van der Waals surface area contributed by atoms with Gasteiger partial charge in [0.25, 0.3) is 0 Å². The van der Waals surface area contributed by atoms with Crippen LogP contribution in [0.15, 0.2) is 54.7 Å². The van der Waals surface area contributed by atoms with Crippen molar-refractivity contribution in [2.45, 2.75) is 0 Å². The van der Waals surface area contributed by atoms with Crippen LogP contribution in [-0.2, 0) is 0 Å². The number of benzene rings is 2. The van der Waals surface area contributed by atoms with Gasteiger partial charge in [0.2, 0.25) is 0 Å². The van der Waals surface area contributed by atoms with Gasteiger partial charge in [0, 0.05) is 22.4 Å². The third-order valence-electron chi connectivity index (χ3n) is 3.69. The summed E-state index contributed by atoms with van der Waals surface area (Å²) in [4.78, 5) is 9.06. The molecule has 0 unspecified atom stereocenters. The first kappa shape index (κ1) is 12.3. The molecular formula is C16H11BN2O2. The Bertz CT molecular complexity index is 986. The zero-order chi connectivity index (χ0) is 14.4. The molecule has 2 N–H and O–H groups in total. The van der Waals surface area contributed by atoms with Crippen molar-refractivity contribution in [1.82, 2.24) is 9.97 Å². The van der Waals surface area contributed by atoms with Crippen LogP contribution in [0.25, 0.3) is 32.7 Å². The van der Waals surface area contributed by atoms with Gasteiger partial charge < -0.3 is 10.0 Å². The second kappa shape index (κ2) is 4.51. The van der Waals surface area contributed by atoms with Crippen molar-refractivity contribution in [2.75, 3.05) is 0 Å². The van der Waals surface area contributed by atoms with Crippen LogP contribution >= 0.6 is 0 Å². The highest BCUT2D eigenvalue weighted by atomic mass is 16.4. The Morgan fingerprint density at radius 1 is 0.857 bits per heavy atom. The molecule has 2 aromatic heterocycles. The number of hydrogen-bond donors (Lipinski definition) is 2. The fraction of sp³-hybridized carbons (Fsp3) is 0. The molecule has 4 rings (SSSR count). The number of pyridine rings is 2. The van der Waals surface area contributed by atoms with E-state index in [1.54, 1.807) is 12.3 Å². The van der Waals surface area contributed by atoms with E-state index in [0.29, 0.717) is 11.0 Å². The molecule has 4 nitrogen and oxygen atoms in total. The van der Waals surface area contributed by atoms with Gasteiger partial charge in [-0.1, -0.05) is 30.3 Å². The number of para-hydroxylation sites is 1. The van der Waals surface area contributed by atoms with Gasteiger partial charge in [-0.05, 0) is 23.7 Å². The van der Waals surface area contributed by atoms with Crippen LogP contribution in [0.1, 0.15) is 0 Å². The SMILES string of the molecule is OB(O)c1cc2cccnc2c2nc3ccccc3cc12. The van der Waals surface area contributed by atoms with Crippen LogP contribution in [0, 0.1) is 0 Å². The van der Waals surface area contributed by atoms with Gasteiger partial charge in [0.15, 0.2) is 0 Å². The Kier molecular flexibility index (Phi) is 2.64. The van der Waals surface area contributed by atoms with Gasteiger partial charge in [-0.15, -0.1) is 0 Å². The molecule has 2 aromatic carbocycles. The largest absolute Gasteiger partial charge is 0.489 e. The molecule has 0 amide bonds. The van der Waals surface area contributed by atoms with Crippen LogP contribution in [0.2, 0.25) is 0 Å². The first-order valence-corrected chi connectivity index (χ1v) is 6.67. The van der Waals surface area contributed by atoms with E-state index in [2.05, 4.69) is 9.97 Å². The smallest absolute Gasteiger partial charge is 0.423 e. The lowest BCUT2D eigenvalue weighted by Crippen LogP contribution is -2.30. The molecule has 0 atom stereocenters. The second-order valence-corrected chi connectivity index (χ2v) is 4.99. The van der Waals surface area contributed by atoms with Gasteiger partial charge in [-0.2, -0.15) is 0 Å². The average Bonchev–Trinajstić information content (AvgIpc) is 2.52. The Hall–Kier alpha value is -2.50. The number of fused-ring (bicyclic) bond motifs is 4. The van der Waals surface area contributed by atoms with Crippen molar-refractivity contribution in [3.05, 3.63) is 54.7 Å². The van der Waals surface area contributed by atoms with E-state index in [-0.39, 0.29) is 0 Å². The standard InChI is InChI=1S/C16H11BN2O2/c20-17(21)13-9-11-5-3-7-18-15(11)16-12(13)8-10-4-1-2-6-14(10)19-16/h1-9,20-21H. The summed E-state index contributed by atoms with van der Waals surface area (Å²) in [6.07, 6.45) is 1.72. The second-order valence-electron chi connectivity index (χ2n) is 4.99. The third-order valence-corrected chi connectivity index (χ3v) is 3.69. The van der Waals surface area contributed by atoms with Gasteiger partial charge in [-0.3, -0.25) is 4.98 Å². The summed E-state index contributed by atoms with van der Waals surface area (Å²) in [6, 6.07) is 15.2. The molecule has 0 saturated carbocycles. The summed E-state index contributed by atoms with van der Waals surface area (Å²) in [7, 11) is -1.54. The highest BCUT2D eigenvalue weighted by Gasteiger charge is 2.18. The molecule has 0 radical (unpaired) electrons. The number of hydrogen-bond acceptors (Lipinski definition) is 4. The van der Waals surface area contributed by atoms with Gasteiger partial charge in [-0.25, -0.2) is 4.98 Å². The Labute approximate surface area is 120 Å². The molecule has 0 aliphatic rings. The maximum absolute atomic E-state index is 9.66. The predicted molar refractivity (Wildman–Crippen MR) is 84.4 cm³/mol. The number of rotatable bonds is 1. The lowest BCUT2D eigenvalue weighted by molar-refractivity contribution is 0.426. The predicted octanol–water partition coefficient (Wildman–Crippen LogP) is 1.62. The maximum atomic E-state index is 9.66. The normalized spacial score (nSPS) is 11.3. The first-order chi connectivity index (χ1) is 10.2. The molecule has 0 spiro atoms. The minimum absolute atomic E-state index is 0.448. The Balaban J connectivity index is 2.27. The van der Waals surface area contributed by atoms with Crippen molar-refractivity contribution in [2.24, 2.45) is 0 Å². The topological polar surface area (TPSA) is 66.2 Å². The summed E-state index contributed by atoms with van der Waals surface area (Å²) in [5, 5.41) is 21.8. The van der Waals surface area contributed by atoms with Gasteiger partial charge in [0.05, 0.1) is 16.6 Å². The quantitative estimate of drug-likeness (QED) is 0.314. The third kappa shape index (κ3) is 1.86. The van der Waals surface area contributed by atoms with E-state index in [0.717, 1.165) is 27.2 Å². The molecule has 0 aliphatic carbocycles. The summed E-state index contributed by atoms with van der Waals surface area (Å²) in [5.41, 5.74) is 2.77.